The molecular weight excluding hydrogens is 306 g/mol. The molecule has 3 nitrogen and oxygen atoms in total. The normalized spacial score (nSPS) is 10.3. The van der Waals surface area contributed by atoms with Crippen molar-refractivity contribution in [2.75, 3.05) is 0 Å². The molecule has 1 amide bonds. The summed E-state index contributed by atoms with van der Waals surface area (Å²) in [5.74, 6) is -0.410. The summed E-state index contributed by atoms with van der Waals surface area (Å²) in [6.45, 7) is -0.0133. The number of rotatable bonds is 3. The average molecular weight is 320 g/mol. The number of thiophene rings is 1. The third kappa shape index (κ3) is 2.78. The fourth-order valence-corrected chi connectivity index (χ4v) is 3.36. The smallest absolute Gasteiger partial charge is 0.258 e. The van der Waals surface area contributed by atoms with Gasteiger partial charge in [-0.2, -0.15) is 0 Å². The lowest BCUT2D eigenvalue weighted by Crippen LogP contribution is -2.07. The van der Waals surface area contributed by atoms with Crippen LogP contribution in [0.3, 0.4) is 0 Å². The van der Waals surface area contributed by atoms with Crippen LogP contribution in [-0.2, 0) is 6.61 Å². The second kappa shape index (κ2) is 6.26. The van der Waals surface area contributed by atoms with Gasteiger partial charge in [0, 0.05) is 4.70 Å². The van der Waals surface area contributed by atoms with Crippen LogP contribution in [0.25, 0.3) is 21.2 Å². The molecule has 5 heteroatoms. The number of primary amides is 1. The van der Waals surface area contributed by atoms with Crippen LogP contribution in [0.5, 0.6) is 0 Å². The molecule has 108 valence electrons. The Balaban J connectivity index is 0.00000161. The molecule has 0 radical (unpaired) electrons. The summed E-state index contributed by atoms with van der Waals surface area (Å²) >= 11 is 1.39. The molecule has 2 aromatic carbocycles. The molecule has 1 heterocycles. The molecule has 0 spiro atoms. The summed E-state index contributed by atoms with van der Waals surface area (Å²) < 4.78 is 1.02. The molecule has 21 heavy (non-hydrogen) atoms. The average Bonchev–Trinajstić information content (AvgIpc) is 2.91. The molecular formula is C16H14ClNO2S. The van der Waals surface area contributed by atoms with Crippen molar-refractivity contribution in [3.05, 3.63) is 59.0 Å². The molecule has 0 bridgehead atoms. The Bertz CT molecular complexity index is 798. The van der Waals surface area contributed by atoms with Crippen molar-refractivity contribution in [1.82, 2.24) is 0 Å². The zero-order valence-corrected chi connectivity index (χ0v) is 12.7. The molecule has 0 saturated carbocycles. The number of amides is 1. The van der Waals surface area contributed by atoms with Gasteiger partial charge in [0.15, 0.2) is 0 Å². The van der Waals surface area contributed by atoms with Crippen molar-refractivity contribution in [2.45, 2.75) is 6.61 Å². The van der Waals surface area contributed by atoms with Crippen molar-refractivity contribution in [1.29, 1.82) is 0 Å². The molecule has 3 N–H and O–H groups in total. The van der Waals surface area contributed by atoms with E-state index in [1.165, 1.54) is 11.3 Å². The maximum atomic E-state index is 11.3. The number of carbonyl (C=O) groups excluding carboxylic acids is 1. The van der Waals surface area contributed by atoms with Crippen molar-refractivity contribution >= 4 is 39.7 Å². The van der Waals surface area contributed by atoms with E-state index in [1.54, 1.807) is 0 Å². The topological polar surface area (TPSA) is 63.3 Å². The lowest BCUT2D eigenvalue weighted by Gasteiger charge is -2.08. The van der Waals surface area contributed by atoms with Crippen LogP contribution in [0.15, 0.2) is 48.5 Å². The number of aliphatic hydroxyl groups excluding tert-OH is 1. The number of benzene rings is 2. The molecule has 0 aliphatic rings. The van der Waals surface area contributed by atoms with Gasteiger partial charge in [0.05, 0.1) is 11.5 Å². The maximum Gasteiger partial charge on any atom is 0.258 e. The van der Waals surface area contributed by atoms with Gasteiger partial charge in [-0.1, -0.05) is 42.5 Å². The third-order valence-electron chi connectivity index (χ3n) is 3.26. The molecule has 0 aliphatic heterocycles. The van der Waals surface area contributed by atoms with Crippen LogP contribution in [-0.4, -0.2) is 11.0 Å². The minimum atomic E-state index is -0.410. The maximum absolute atomic E-state index is 11.3. The minimum Gasteiger partial charge on any atom is -0.392 e. The third-order valence-corrected chi connectivity index (χ3v) is 4.46. The monoisotopic (exact) mass is 319 g/mol. The van der Waals surface area contributed by atoms with Crippen molar-refractivity contribution in [2.24, 2.45) is 5.73 Å². The summed E-state index contributed by atoms with van der Waals surface area (Å²) in [6, 6.07) is 15.4. The van der Waals surface area contributed by atoms with E-state index in [1.807, 2.05) is 48.5 Å². The lowest BCUT2D eigenvalue weighted by atomic mass is 9.99. The van der Waals surface area contributed by atoms with Crippen molar-refractivity contribution in [3.63, 3.8) is 0 Å². The van der Waals surface area contributed by atoms with Gasteiger partial charge in [-0.15, -0.1) is 23.7 Å². The summed E-state index contributed by atoms with van der Waals surface area (Å²) in [7, 11) is 0. The quantitative estimate of drug-likeness (QED) is 0.775. The van der Waals surface area contributed by atoms with Gasteiger partial charge in [-0.05, 0) is 28.1 Å². The fourth-order valence-electron chi connectivity index (χ4n) is 2.32. The van der Waals surface area contributed by atoms with E-state index in [2.05, 4.69) is 0 Å². The Kier molecular flexibility index (Phi) is 4.63. The van der Waals surface area contributed by atoms with Crippen LogP contribution >= 0.6 is 23.7 Å². The first-order chi connectivity index (χ1) is 9.70. The molecule has 3 aromatic rings. The first-order valence-electron chi connectivity index (χ1n) is 6.22. The Labute approximate surface area is 132 Å². The molecule has 0 atom stereocenters. The molecule has 0 saturated heterocycles. The Hall–Kier alpha value is -1.88. The second-order valence-electron chi connectivity index (χ2n) is 4.51. The van der Waals surface area contributed by atoms with Gasteiger partial charge in [0.1, 0.15) is 0 Å². The largest absolute Gasteiger partial charge is 0.392 e. The lowest BCUT2D eigenvalue weighted by molar-refractivity contribution is 0.100. The van der Waals surface area contributed by atoms with Gasteiger partial charge in [0.25, 0.3) is 5.91 Å². The fraction of sp³-hybridized carbons (Fsp3) is 0.0625. The van der Waals surface area contributed by atoms with E-state index in [0.29, 0.717) is 4.88 Å². The summed E-state index contributed by atoms with van der Waals surface area (Å²) in [5, 5.41) is 10.5. The highest BCUT2D eigenvalue weighted by atomic mass is 35.5. The van der Waals surface area contributed by atoms with Gasteiger partial charge < -0.3 is 10.8 Å². The number of nitrogens with two attached hydrogens (primary N) is 1. The zero-order valence-electron chi connectivity index (χ0n) is 11.1. The number of carbonyl (C=O) groups is 1. The molecule has 0 unspecified atom stereocenters. The van der Waals surface area contributed by atoms with E-state index in [-0.39, 0.29) is 19.0 Å². The number of aliphatic hydroxyl groups is 1. The Morgan fingerprint density at radius 3 is 2.52 bits per heavy atom. The van der Waals surface area contributed by atoms with Crippen LogP contribution in [0.1, 0.15) is 15.2 Å². The van der Waals surface area contributed by atoms with Gasteiger partial charge in [-0.3, -0.25) is 4.79 Å². The standard InChI is InChI=1S/C16H13NO2S.ClH/c17-16(19)14-8-10-5-3-7-13(15(10)20-14)12-6-2-1-4-11(12)9-18;/h1-8,18H,9H2,(H2,17,19);1H. The highest BCUT2D eigenvalue weighted by Crippen LogP contribution is 2.36. The van der Waals surface area contributed by atoms with Crippen LogP contribution in [0.4, 0.5) is 0 Å². The van der Waals surface area contributed by atoms with E-state index < -0.39 is 5.91 Å². The summed E-state index contributed by atoms with van der Waals surface area (Å²) in [4.78, 5) is 11.9. The van der Waals surface area contributed by atoms with Crippen molar-refractivity contribution < 1.29 is 9.90 Å². The molecule has 3 rings (SSSR count). The first-order valence-corrected chi connectivity index (χ1v) is 7.04. The van der Waals surface area contributed by atoms with Crippen LogP contribution in [0.2, 0.25) is 0 Å². The van der Waals surface area contributed by atoms with Crippen LogP contribution < -0.4 is 5.73 Å². The first kappa shape index (κ1) is 15.5. The van der Waals surface area contributed by atoms with Crippen LogP contribution in [0, 0.1) is 0 Å². The second-order valence-corrected chi connectivity index (χ2v) is 5.57. The Morgan fingerprint density at radius 1 is 1.10 bits per heavy atom. The van der Waals surface area contributed by atoms with E-state index >= 15 is 0 Å². The highest BCUT2D eigenvalue weighted by molar-refractivity contribution is 7.21. The van der Waals surface area contributed by atoms with Gasteiger partial charge >= 0.3 is 0 Å². The Morgan fingerprint density at radius 2 is 1.81 bits per heavy atom. The summed E-state index contributed by atoms with van der Waals surface area (Å²) in [6.07, 6.45) is 0. The van der Waals surface area contributed by atoms with E-state index in [4.69, 9.17) is 5.73 Å². The predicted octanol–water partition coefficient (Wildman–Crippen LogP) is 3.58. The number of fused-ring (bicyclic) bond motifs is 1. The molecule has 1 aromatic heterocycles. The molecule has 0 fully saturated rings. The van der Waals surface area contributed by atoms with E-state index in [0.717, 1.165) is 26.8 Å². The van der Waals surface area contributed by atoms with E-state index in [9.17, 15) is 9.90 Å². The number of hydrogen-bond donors (Lipinski definition) is 2. The van der Waals surface area contributed by atoms with Crippen molar-refractivity contribution in [3.8, 4) is 11.1 Å². The SMILES string of the molecule is Cl.NC(=O)c1cc2cccc(-c3ccccc3CO)c2s1. The number of halogens is 1. The molecule has 0 aliphatic carbocycles. The zero-order chi connectivity index (χ0) is 14.1. The predicted molar refractivity (Wildman–Crippen MR) is 88.9 cm³/mol. The summed E-state index contributed by atoms with van der Waals surface area (Å²) in [5.41, 5.74) is 8.23. The minimum absolute atomic E-state index is 0. The number of hydrogen-bond acceptors (Lipinski definition) is 3. The van der Waals surface area contributed by atoms with Gasteiger partial charge in [-0.25, -0.2) is 0 Å². The van der Waals surface area contributed by atoms with Gasteiger partial charge in [0.2, 0.25) is 0 Å². The highest BCUT2D eigenvalue weighted by Gasteiger charge is 2.12.